The van der Waals surface area contributed by atoms with Gasteiger partial charge in [-0.2, -0.15) is 15.1 Å². The van der Waals surface area contributed by atoms with Crippen molar-refractivity contribution in [3.63, 3.8) is 0 Å². The summed E-state index contributed by atoms with van der Waals surface area (Å²) in [7, 11) is -3.03. The average Bonchev–Trinajstić information content (AvgIpc) is 3.50. The van der Waals surface area contributed by atoms with Crippen molar-refractivity contribution in [1.29, 1.82) is 0 Å². The fourth-order valence-electron chi connectivity index (χ4n) is 4.85. The maximum Gasteiger partial charge on any atom is 0.341 e. The molecule has 6 aromatic rings. The van der Waals surface area contributed by atoms with Crippen LogP contribution in [0.25, 0.3) is 5.52 Å². The molecular weight excluding hydrogens is 719 g/mol. The first-order valence-electron chi connectivity index (χ1n) is 15.1. The van der Waals surface area contributed by atoms with E-state index in [1.807, 2.05) is 67.6 Å². The summed E-state index contributed by atoms with van der Waals surface area (Å²) in [5.74, 6) is 5.66. The molecule has 16 heteroatoms. The average molecular weight is 754 g/mol. The van der Waals surface area contributed by atoms with Crippen molar-refractivity contribution in [2.75, 3.05) is 13.0 Å². The molecule has 3 aromatic carbocycles. The fraction of sp³-hybridized carbons (Fsp3) is 0.171. The first kappa shape index (κ1) is 38.5. The molecule has 0 bridgehead atoms. The number of carbonyl (C=O) groups excluding carboxylic acids is 1. The number of aromatic nitrogens is 5. The zero-order chi connectivity index (χ0) is 37.1. The quantitative estimate of drug-likeness (QED) is 0.0890. The van der Waals surface area contributed by atoms with Gasteiger partial charge in [0, 0.05) is 0 Å². The minimum atomic E-state index is -4.33. The van der Waals surface area contributed by atoms with Gasteiger partial charge in [0.1, 0.15) is 34.4 Å². The molecule has 0 radical (unpaired) electrons. The molecule has 0 unspecified atom stereocenters. The van der Waals surface area contributed by atoms with E-state index >= 15 is 0 Å². The van der Waals surface area contributed by atoms with E-state index in [1.54, 1.807) is 32.2 Å². The third-order valence-electron chi connectivity index (χ3n) is 6.88. The first-order valence-corrected chi connectivity index (χ1v) is 17.2. The SMILES string of the molecule is COC(=O)c1cnn2cc(Cl)nc(OCc3ccccc3)c12.Cc1cc(C)c(S(=O)(=O)[O-])c(C)c1.N[n+]1cc(Cl)nc(OCc2ccccc2)c1. The van der Waals surface area contributed by atoms with Crippen LogP contribution in [-0.2, 0) is 28.1 Å². The number of carbonyl (C=O) groups is 1. The molecule has 0 fully saturated rings. The Bertz CT molecular complexity index is 2180. The lowest BCUT2D eigenvalue weighted by Crippen LogP contribution is -2.43. The Hall–Kier alpha value is -5.28. The Morgan fingerprint density at radius 2 is 1.45 bits per heavy atom. The highest BCUT2D eigenvalue weighted by Gasteiger charge is 2.19. The van der Waals surface area contributed by atoms with Crippen LogP contribution < -0.4 is 20.0 Å². The number of benzene rings is 3. The molecule has 266 valence electrons. The van der Waals surface area contributed by atoms with Crippen LogP contribution in [-0.4, -0.2) is 45.6 Å². The van der Waals surface area contributed by atoms with Gasteiger partial charge < -0.3 is 18.8 Å². The predicted molar refractivity (Wildman–Crippen MR) is 189 cm³/mol. The van der Waals surface area contributed by atoms with Gasteiger partial charge in [-0.25, -0.2) is 23.6 Å². The van der Waals surface area contributed by atoms with E-state index in [-0.39, 0.29) is 21.5 Å². The third-order valence-corrected chi connectivity index (χ3v) is 8.38. The Morgan fingerprint density at radius 1 is 0.882 bits per heavy atom. The van der Waals surface area contributed by atoms with Gasteiger partial charge in [0.25, 0.3) is 12.1 Å². The maximum absolute atomic E-state index is 11.8. The molecule has 0 saturated heterocycles. The Labute approximate surface area is 304 Å². The van der Waals surface area contributed by atoms with Crippen molar-refractivity contribution in [2.24, 2.45) is 0 Å². The van der Waals surface area contributed by atoms with Crippen molar-refractivity contribution in [2.45, 2.75) is 38.9 Å². The lowest BCUT2D eigenvalue weighted by molar-refractivity contribution is -0.639. The molecule has 13 nitrogen and oxygen atoms in total. The van der Waals surface area contributed by atoms with Crippen molar-refractivity contribution in [3.05, 3.63) is 141 Å². The largest absolute Gasteiger partial charge is 0.744 e. The summed E-state index contributed by atoms with van der Waals surface area (Å²) >= 11 is 11.7. The van der Waals surface area contributed by atoms with Crippen LogP contribution in [0, 0.1) is 20.8 Å². The molecule has 0 atom stereocenters. The van der Waals surface area contributed by atoms with Gasteiger partial charge in [-0.3, -0.25) is 0 Å². The molecule has 0 saturated carbocycles. The molecule has 0 amide bonds. The summed E-state index contributed by atoms with van der Waals surface area (Å²) in [6, 6.07) is 22.8. The zero-order valence-electron chi connectivity index (χ0n) is 28.0. The van der Waals surface area contributed by atoms with Crippen LogP contribution in [0.4, 0.5) is 0 Å². The highest BCUT2D eigenvalue weighted by Crippen LogP contribution is 2.25. The number of nitrogen functional groups attached to an aromatic ring is 1. The molecule has 3 heterocycles. The number of halogens is 2. The summed E-state index contributed by atoms with van der Waals surface area (Å²) < 4.78 is 51.2. The van der Waals surface area contributed by atoms with Gasteiger partial charge in [-0.15, -0.1) is 0 Å². The Morgan fingerprint density at radius 3 is 1.98 bits per heavy atom. The highest BCUT2D eigenvalue weighted by atomic mass is 35.5. The molecule has 3 aromatic heterocycles. The lowest BCUT2D eigenvalue weighted by Gasteiger charge is -2.14. The summed E-state index contributed by atoms with van der Waals surface area (Å²) in [5.41, 5.74) is 4.73. The second-order valence-electron chi connectivity index (χ2n) is 10.9. The van der Waals surface area contributed by atoms with Crippen LogP contribution in [0.3, 0.4) is 0 Å². The number of methoxy groups -OCH3 is 1. The number of rotatable bonds is 8. The molecule has 2 N–H and O–H groups in total. The number of nitrogens with zero attached hydrogens (tertiary/aromatic N) is 5. The van der Waals surface area contributed by atoms with E-state index in [0.717, 1.165) is 16.7 Å². The minimum absolute atomic E-state index is 0.0851. The summed E-state index contributed by atoms with van der Waals surface area (Å²) in [6.07, 6.45) is 5.96. The Balaban J connectivity index is 0.000000179. The monoisotopic (exact) mass is 752 g/mol. The molecule has 0 spiro atoms. The topological polar surface area (TPSA) is 175 Å². The number of ether oxygens (including phenoxy) is 3. The maximum atomic E-state index is 11.8. The number of nitrogens with two attached hydrogens (primary N) is 1. The highest BCUT2D eigenvalue weighted by molar-refractivity contribution is 7.85. The minimum Gasteiger partial charge on any atom is -0.744 e. The van der Waals surface area contributed by atoms with Gasteiger partial charge in [-0.05, 0) is 43.0 Å². The van der Waals surface area contributed by atoms with Crippen molar-refractivity contribution >= 4 is 44.8 Å². The number of esters is 1. The van der Waals surface area contributed by atoms with E-state index in [1.165, 1.54) is 34.9 Å². The van der Waals surface area contributed by atoms with Crippen LogP contribution in [0.1, 0.15) is 38.2 Å². The van der Waals surface area contributed by atoms with E-state index in [4.69, 9.17) is 43.3 Å². The van der Waals surface area contributed by atoms with E-state index < -0.39 is 16.1 Å². The van der Waals surface area contributed by atoms with E-state index in [0.29, 0.717) is 40.9 Å². The van der Waals surface area contributed by atoms with Crippen LogP contribution in [0.5, 0.6) is 11.8 Å². The van der Waals surface area contributed by atoms with Crippen molar-refractivity contribution in [3.8, 4) is 11.8 Å². The van der Waals surface area contributed by atoms with Gasteiger partial charge >= 0.3 is 5.97 Å². The summed E-state index contributed by atoms with van der Waals surface area (Å²) in [4.78, 5) is 19.9. The summed E-state index contributed by atoms with van der Waals surface area (Å²) in [6.45, 7) is 5.86. The molecule has 0 aliphatic heterocycles. The lowest BCUT2D eigenvalue weighted by atomic mass is 10.1. The zero-order valence-corrected chi connectivity index (χ0v) is 30.3. The van der Waals surface area contributed by atoms with Crippen LogP contribution >= 0.6 is 23.2 Å². The second-order valence-corrected chi connectivity index (χ2v) is 13.0. The second kappa shape index (κ2) is 17.6. The fourth-order valence-corrected chi connectivity index (χ4v) is 6.12. The summed E-state index contributed by atoms with van der Waals surface area (Å²) in [5, 5.41) is 4.59. The number of hydrogen-bond donors (Lipinski definition) is 1. The van der Waals surface area contributed by atoms with Gasteiger partial charge in [0.2, 0.25) is 12.1 Å². The molecular formula is C35H34Cl2N6O7S. The number of hydrogen-bond acceptors (Lipinski definition) is 11. The van der Waals surface area contributed by atoms with Crippen molar-refractivity contribution < 1.29 is 36.7 Å². The number of aryl methyl sites for hydroxylation is 3. The van der Waals surface area contributed by atoms with Crippen molar-refractivity contribution in [1.82, 2.24) is 19.6 Å². The third kappa shape index (κ3) is 11.1. The van der Waals surface area contributed by atoms with Gasteiger partial charge in [0.05, 0.1) is 24.4 Å². The van der Waals surface area contributed by atoms with Crippen LogP contribution in [0.2, 0.25) is 10.3 Å². The molecule has 0 aliphatic carbocycles. The van der Waals surface area contributed by atoms with Gasteiger partial charge in [0.15, 0.2) is 10.3 Å². The molecule has 6 rings (SSSR count). The first-order chi connectivity index (χ1) is 24.2. The molecule has 51 heavy (non-hydrogen) atoms. The molecule has 0 aliphatic rings. The normalized spacial score (nSPS) is 10.7. The van der Waals surface area contributed by atoms with Crippen LogP contribution in [0.15, 0.2) is 102 Å². The predicted octanol–water partition coefficient (Wildman–Crippen LogP) is 5.58. The van der Waals surface area contributed by atoms with E-state index in [2.05, 4.69) is 15.1 Å². The number of fused-ring (bicyclic) bond motifs is 1. The standard InChI is InChI=1S/C15H12ClN3O3.C11H11ClN3O.C9H12O3S/c1-21-15(20)11-7-17-19-8-12(16)18-14(13(11)19)22-9-10-5-3-2-4-6-10;12-10-6-15(13)7-11(14-10)16-8-9-4-2-1-3-5-9;1-6-4-7(2)9(8(3)5-6)13(10,11)12/h2-8H,9H2,1H3;1-7H,8H2,(H2,13,14);4-5H,1-3H3,(H,10,11,12)/q;+1;/p-1. The Kier molecular flexibility index (Phi) is 13.3. The van der Waals surface area contributed by atoms with E-state index in [9.17, 15) is 17.8 Å². The smallest absolute Gasteiger partial charge is 0.341 e. The van der Waals surface area contributed by atoms with Gasteiger partial charge in [-0.1, -0.05) is 106 Å².